The number of nitrogens with one attached hydrogen (secondary N) is 3. The Morgan fingerprint density at radius 3 is 2.50 bits per heavy atom. The first kappa shape index (κ1) is 23.7. The maximum atomic E-state index is 14.5. The number of halogens is 1. The first-order valence-corrected chi connectivity index (χ1v) is 11.5. The average molecular weight is 441 g/mol. The maximum absolute atomic E-state index is 14.5. The zero-order valence-corrected chi connectivity index (χ0v) is 19.1. The summed E-state index contributed by atoms with van der Waals surface area (Å²) in [7, 11) is 0. The normalized spacial score (nSPS) is 16.8. The minimum absolute atomic E-state index is 0.0560. The van der Waals surface area contributed by atoms with Crippen molar-refractivity contribution in [3.05, 3.63) is 53.3 Å². The van der Waals surface area contributed by atoms with Crippen molar-refractivity contribution in [3.8, 4) is 0 Å². The first-order valence-electron chi connectivity index (χ1n) is 11.5. The largest absolute Gasteiger partial charge is 0.306 e. The number of hydrogen-bond donors (Lipinski definition) is 3. The Kier molecular flexibility index (Phi) is 8.56. The Morgan fingerprint density at radius 2 is 1.81 bits per heavy atom. The van der Waals surface area contributed by atoms with Crippen LogP contribution in [0.1, 0.15) is 87.6 Å². The summed E-state index contributed by atoms with van der Waals surface area (Å²) in [4.78, 5) is 17.3. The standard InChI is InChI=1S/C22H27FN6O.C2H6/c1-15-26-27-28-29(15)21-11-7-10-20(24-21)25-22(30)18-14-17(12-13-19(18)23)16-8-5-3-2-4-6-9-16;1-2/h7,10-14,16,27-28H,2-6,8-9H2,1H3,(H,24,25,30);1-2H3. The van der Waals surface area contributed by atoms with E-state index in [0.29, 0.717) is 23.4 Å². The summed E-state index contributed by atoms with van der Waals surface area (Å²) in [5.74, 6) is 0.950. The smallest absolute Gasteiger partial charge is 0.259 e. The Hall–Kier alpha value is -3.00. The molecule has 0 atom stereocenters. The van der Waals surface area contributed by atoms with E-state index in [9.17, 15) is 9.18 Å². The number of rotatable bonds is 4. The molecular weight excluding hydrogens is 407 g/mol. The lowest BCUT2D eigenvalue weighted by Gasteiger charge is -2.21. The number of hydrazone groups is 1. The molecule has 8 heteroatoms. The van der Waals surface area contributed by atoms with Crippen molar-refractivity contribution in [3.63, 3.8) is 0 Å². The Balaban J connectivity index is 0.00000141. The molecule has 3 N–H and O–H groups in total. The molecule has 0 radical (unpaired) electrons. The van der Waals surface area contributed by atoms with E-state index >= 15 is 0 Å². The lowest BCUT2D eigenvalue weighted by molar-refractivity contribution is 0.102. The molecule has 0 bridgehead atoms. The molecule has 1 saturated carbocycles. The second-order valence-corrected chi connectivity index (χ2v) is 7.83. The van der Waals surface area contributed by atoms with Gasteiger partial charge in [-0.1, -0.05) is 58.1 Å². The second-order valence-electron chi connectivity index (χ2n) is 7.83. The van der Waals surface area contributed by atoms with Gasteiger partial charge >= 0.3 is 0 Å². The van der Waals surface area contributed by atoms with E-state index in [-0.39, 0.29) is 5.56 Å². The van der Waals surface area contributed by atoms with Crippen LogP contribution in [-0.2, 0) is 0 Å². The molecule has 0 saturated heterocycles. The van der Waals surface area contributed by atoms with Crippen LogP contribution in [0.3, 0.4) is 0 Å². The van der Waals surface area contributed by atoms with E-state index in [1.54, 1.807) is 29.3 Å². The van der Waals surface area contributed by atoms with Crippen molar-refractivity contribution in [1.82, 2.24) is 16.1 Å². The molecule has 1 amide bonds. The molecule has 1 aliphatic carbocycles. The van der Waals surface area contributed by atoms with Gasteiger partial charge in [0.25, 0.3) is 5.91 Å². The number of benzene rings is 1. The summed E-state index contributed by atoms with van der Waals surface area (Å²) in [6.07, 6.45) is 8.34. The number of carbonyl (C=O) groups is 1. The van der Waals surface area contributed by atoms with Gasteiger partial charge in [0, 0.05) is 0 Å². The van der Waals surface area contributed by atoms with Crippen LogP contribution < -0.4 is 21.4 Å². The van der Waals surface area contributed by atoms with Gasteiger partial charge < -0.3 is 5.32 Å². The third-order valence-electron chi connectivity index (χ3n) is 5.72. The predicted octanol–water partition coefficient (Wildman–Crippen LogP) is 5.49. The molecular formula is C24H33FN6O. The van der Waals surface area contributed by atoms with E-state index in [1.165, 1.54) is 38.2 Å². The van der Waals surface area contributed by atoms with Crippen LogP contribution in [0.15, 0.2) is 41.5 Å². The molecule has 2 heterocycles. The summed E-state index contributed by atoms with van der Waals surface area (Å²) in [5, 5.41) is 8.38. The van der Waals surface area contributed by atoms with Crippen LogP contribution in [0.25, 0.3) is 0 Å². The molecule has 2 aliphatic rings. The number of carbonyl (C=O) groups excluding carboxylic acids is 1. The highest BCUT2D eigenvalue weighted by Crippen LogP contribution is 2.32. The third-order valence-corrected chi connectivity index (χ3v) is 5.72. The number of amidine groups is 1. The van der Waals surface area contributed by atoms with Crippen molar-refractivity contribution in [2.45, 2.75) is 71.6 Å². The SMILES string of the molecule is CC.CC1=NNNN1c1cccc(NC(=O)c2cc(C3CCCCCCC3)ccc2F)n1. The van der Waals surface area contributed by atoms with Gasteiger partial charge in [-0.05, 0) is 55.5 Å². The minimum Gasteiger partial charge on any atom is -0.306 e. The number of hydrazine groups is 2. The second kappa shape index (κ2) is 11.6. The lowest BCUT2D eigenvalue weighted by Crippen LogP contribution is -2.40. The topological polar surface area (TPSA) is 81.7 Å². The molecule has 172 valence electrons. The highest BCUT2D eigenvalue weighted by Gasteiger charge is 2.20. The fourth-order valence-corrected chi connectivity index (χ4v) is 4.07. The Morgan fingerprint density at radius 1 is 1.09 bits per heavy atom. The van der Waals surface area contributed by atoms with Crippen LogP contribution in [0.5, 0.6) is 0 Å². The van der Waals surface area contributed by atoms with Gasteiger partial charge in [0.1, 0.15) is 17.5 Å². The maximum Gasteiger partial charge on any atom is 0.259 e. The van der Waals surface area contributed by atoms with Crippen LogP contribution in [0.4, 0.5) is 16.0 Å². The van der Waals surface area contributed by atoms with E-state index < -0.39 is 11.7 Å². The van der Waals surface area contributed by atoms with Gasteiger partial charge in [-0.15, -0.1) is 10.6 Å². The Bertz CT molecular complexity index is 940. The fourth-order valence-electron chi connectivity index (χ4n) is 4.07. The number of hydrogen-bond acceptors (Lipinski definition) is 6. The average Bonchev–Trinajstić information content (AvgIpc) is 3.21. The minimum atomic E-state index is -0.522. The molecule has 1 aromatic heterocycles. The number of nitrogens with zero attached hydrogens (tertiary/aromatic N) is 3. The summed E-state index contributed by atoms with van der Waals surface area (Å²) in [5.41, 5.74) is 6.59. The zero-order chi connectivity index (χ0) is 22.9. The van der Waals surface area contributed by atoms with Gasteiger partial charge in [-0.3, -0.25) is 4.79 Å². The molecule has 1 fully saturated rings. The highest BCUT2D eigenvalue weighted by molar-refractivity contribution is 6.04. The van der Waals surface area contributed by atoms with Crippen molar-refractivity contribution >= 4 is 23.4 Å². The van der Waals surface area contributed by atoms with Gasteiger partial charge in [-0.2, -0.15) is 0 Å². The molecule has 4 rings (SSSR count). The number of amides is 1. The van der Waals surface area contributed by atoms with Crippen LogP contribution in [-0.4, -0.2) is 16.7 Å². The first-order chi connectivity index (χ1) is 15.6. The van der Waals surface area contributed by atoms with Crippen LogP contribution in [0, 0.1) is 5.82 Å². The molecule has 0 unspecified atom stereocenters. The molecule has 2 aromatic rings. The predicted molar refractivity (Wildman–Crippen MR) is 127 cm³/mol. The van der Waals surface area contributed by atoms with E-state index in [0.717, 1.165) is 18.4 Å². The quantitative estimate of drug-likeness (QED) is 0.586. The molecule has 1 aromatic carbocycles. The van der Waals surface area contributed by atoms with Crippen molar-refractivity contribution in [2.75, 3.05) is 10.3 Å². The van der Waals surface area contributed by atoms with Gasteiger partial charge in [0.05, 0.1) is 5.56 Å². The van der Waals surface area contributed by atoms with Gasteiger partial charge in [0.15, 0.2) is 5.82 Å². The molecule has 32 heavy (non-hydrogen) atoms. The van der Waals surface area contributed by atoms with Crippen LogP contribution >= 0.6 is 0 Å². The third kappa shape index (κ3) is 5.82. The number of aromatic nitrogens is 1. The van der Waals surface area contributed by atoms with E-state index in [4.69, 9.17) is 0 Å². The van der Waals surface area contributed by atoms with Crippen molar-refractivity contribution < 1.29 is 9.18 Å². The summed E-state index contributed by atoms with van der Waals surface area (Å²) >= 11 is 0. The summed E-state index contributed by atoms with van der Waals surface area (Å²) in [6.45, 7) is 5.82. The fraction of sp³-hybridized carbons (Fsp3) is 0.458. The highest BCUT2D eigenvalue weighted by atomic mass is 19.1. The van der Waals surface area contributed by atoms with Gasteiger partial charge in [0.2, 0.25) is 0 Å². The molecule has 7 nitrogen and oxygen atoms in total. The number of pyridine rings is 1. The summed E-state index contributed by atoms with van der Waals surface area (Å²) in [6, 6.07) is 10.2. The molecule has 1 aliphatic heterocycles. The number of anilines is 2. The molecule has 0 spiro atoms. The van der Waals surface area contributed by atoms with E-state index in [1.807, 2.05) is 26.8 Å². The monoisotopic (exact) mass is 440 g/mol. The zero-order valence-electron chi connectivity index (χ0n) is 19.1. The van der Waals surface area contributed by atoms with Crippen molar-refractivity contribution in [1.29, 1.82) is 0 Å². The van der Waals surface area contributed by atoms with Crippen LogP contribution in [0.2, 0.25) is 0 Å². The van der Waals surface area contributed by atoms with Crippen molar-refractivity contribution in [2.24, 2.45) is 5.10 Å². The van der Waals surface area contributed by atoms with E-state index in [2.05, 4.69) is 26.5 Å². The summed E-state index contributed by atoms with van der Waals surface area (Å²) < 4.78 is 14.5. The Labute approximate surface area is 189 Å². The lowest BCUT2D eigenvalue weighted by atomic mass is 9.85. The van der Waals surface area contributed by atoms with Gasteiger partial charge in [-0.25, -0.2) is 19.9 Å².